The number of benzene rings is 8. The summed E-state index contributed by atoms with van der Waals surface area (Å²) in [6.07, 6.45) is -110. The zero-order valence-electron chi connectivity index (χ0n) is 55.2. The first kappa shape index (κ1) is 99.7. The minimum atomic E-state index is -6.13. The number of hydrogen-bond acceptors (Lipinski definition) is 0. The van der Waals surface area contributed by atoms with Gasteiger partial charge in [0.25, 0.3) is 0 Å². The summed E-state index contributed by atoms with van der Waals surface area (Å²) < 4.78 is 682. The summed E-state index contributed by atoms with van der Waals surface area (Å²) in [6, 6.07) is -17.6. The Morgan fingerprint density at radius 3 is 0.207 bits per heavy atom. The van der Waals surface area contributed by atoms with E-state index in [-0.39, 0.29) is 80.9 Å². The van der Waals surface area contributed by atoms with Gasteiger partial charge in [-0.15, -0.1) is 0 Å². The molecule has 0 saturated heterocycles. The molecule has 0 aliphatic heterocycles. The fourth-order valence-electron chi connectivity index (χ4n) is 12.1. The van der Waals surface area contributed by atoms with Crippen LogP contribution in [0.15, 0.2) is 146 Å². The SMILES string of the molecule is FC(F)(F)c1cc([B-](c2cc(C(F)(F)F)cc(C(F)(F)F)c2)(c2cc(C(F)(F)F)cc(C(F)(F)F)c2)c2cc(C(F)(F)F)cc(C(F)(F)F)c2)cc(C(F)(F)F)c1.FC(F)(F)c1cc([B-](c2cc(C(F)(F)F)cc(C(F)(F)F)c2)(c2cc(C(F)(F)F)cc(C(F)(F)F)c2)c2cc(C(F)(F)F)cc(C(F)(F)F)c2)cc(C(F)(F)F)c1.[K+].[Na+]. The Morgan fingerprint density at radius 1 is 0.112 bits per heavy atom. The molecule has 0 radical (unpaired) electrons. The van der Waals surface area contributed by atoms with Crippen molar-refractivity contribution in [1.82, 2.24) is 0 Å². The van der Waals surface area contributed by atoms with Gasteiger partial charge in [0.2, 0.25) is 0 Å². The Labute approximate surface area is 676 Å². The van der Waals surface area contributed by atoms with E-state index in [1.54, 1.807) is 0 Å². The summed E-state index contributed by atoms with van der Waals surface area (Å²) in [4.78, 5) is 0. The van der Waals surface area contributed by atoms with Crippen LogP contribution < -0.4 is 125 Å². The first-order valence-corrected chi connectivity index (χ1v) is 29.2. The molecule has 0 unspecified atom stereocenters. The molecule has 116 heavy (non-hydrogen) atoms. The number of alkyl halides is 48. The molecule has 0 N–H and O–H groups in total. The second-order valence-corrected chi connectivity index (χ2v) is 24.4. The third kappa shape index (κ3) is 22.2. The first-order valence-electron chi connectivity index (χ1n) is 29.2. The van der Waals surface area contributed by atoms with Crippen LogP contribution in [0.4, 0.5) is 211 Å². The molecule has 0 fully saturated rings. The predicted molar refractivity (Wildman–Crippen MR) is 300 cm³/mol. The topological polar surface area (TPSA) is 0 Å². The van der Waals surface area contributed by atoms with Crippen molar-refractivity contribution in [2.75, 3.05) is 0 Å². The normalized spacial score (nSPS) is 14.1. The van der Waals surface area contributed by atoms with E-state index < -0.39 is 389 Å². The van der Waals surface area contributed by atoms with E-state index in [9.17, 15) is 211 Å². The van der Waals surface area contributed by atoms with E-state index >= 15 is 0 Å². The molecule has 8 aromatic rings. The fraction of sp³-hybridized carbons (Fsp3) is 0.250. The molecule has 0 atom stereocenters. The van der Waals surface area contributed by atoms with Crippen LogP contribution in [0.25, 0.3) is 0 Å². The van der Waals surface area contributed by atoms with Gasteiger partial charge in [0.15, 0.2) is 0 Å². The van der Waals surface area contributed by atoms with Gasteiger partial charge in [0, 0.05) is 0 Å². The molecule has 0 aromatic heterocycles. The van der Waals surface area contributed by atoms with Crippen molar-refractivity contribution in [3.8, 4) is 0 Å². The number of hydrogen-bond donors (Lipinski definition) is 0. The van der Waals surface area contributed by atoms with Gasteiger partial charge >= 0.3 is 180 Å². The molecule has 0 saturated carbocycles. The molecule has 0 aliphatic rings. The molecule has 0 nitrogen and oxygen atoms in total. The monoisotopic (exact) mass is 1790 g/mol. The Kier molecular flexibility index (Phi) is 27.5. The Hall–Kier alpha value is -6.83. The zero-order chi connectivity index (χ0) is 87.8. The fourth-order valence-corrected chi connectivity index (χ4v) is 12.1. The van der Waals surface area contributed by atoms with Gasteiger partial charge in [-0.1, -0.05) is 97.1 Å². The van der Waals surface area contributed by atoms with E-state index in [1.165, 1.54) is 0 Å². The summed E-state index contributed by atoms with van der Waals surface area (Å²) in [5.74, 6) is 0. The third-order valence-electron chi connectivity index (χ3n) is 16.9. The average molecular weight is 1790 g/mol. The second kappa shape index (κ2) is 32.0. The van der Waals surface area contributed by atoms with E-state index in [0.29, 0.717) is 0 Å². The summed E-state index contributed by atoms with van der Waals surface area (Å²) in [5, 5.41) is 0. The van der Waals surface area contributed by atoms with Gasteiger partial charge < -0.3 is 0 Å². The summed E-state index contributed by atoms with van der Waals surface area (Å²) >= 11 is 0. The molecule has 8 aromatic carbocycles. The van der Waals surface area contributed by atoms with Crippen molar-refractivity contribution in [3.05, 3.63) is 235 Å². The van der Waals surface area contributed by atoms with Crippen LogP contribution in [-0.4, -0.2) is 12.3 Å². The van der Waals surface area contributed by atoms with Gasteiger partial charge in [0.1, 0.15) is 12.3 Å². The summed E-state index contributed by atoms with van der Waals surface area (Å²) in [5.41, 5.74) is -60.4. The van der Waals surface area contributed by atoms with Crippen LogP contribution in [-0.2, 0) is 98.8 Å². The average Bonchev–Trinajstić information content (AvgIpc) is 0.711. The van der Waals surface area contributed by atoms with Crippen LogP contribution in [0.5, 0.6) is 0 Å². The summed E-state index contributed by atoms with van der Waals surface area (Å²) in [7, 11) is 0. The molecule has 0 amide bonds. The Morgan fingerprint density at radius 2 is 0.164 bits per heavy atom. The minimum Gasteiger partial charge on any atom is -0.194 e. The maximum absolute atomic E-state index is 14.2. The largest absolute Gasteiger partial charge is 1.00 e. The van der Waals surface area contributed by atoms with Crippen molar-refractivity contribution in [3.63, 3.8) is 0 Å². The minimum absolute atomic E-state index is 0. The van der Waals surface area contributed by atoms with Gasteiger partial charge in [-0.3, -0.25) is 0 Å². The van der Waals surface area contributed by atoms with Crippen LogP contribution in [0, 0.1) is 0 Å². The van der Waals surface area contributed by atoms with E-state index in [4.69, 9.17) is 0 Å². The predicted octanol–water partition coefficient (Wildman–Crippen LogP) is 16.4. The van der Waals surface area contributed by atoms with E-state index in [2.05, 4.69) is 0 Å². The maximum atomic E-state index is 14.2. The summed E-state index contributed by atoms with van der Waals surface area (Å²) in [6.45, 7) is 0. The van der Waals surface area contributed by atoms with Crippen molar-refractivity contribution < 1.29 is 292 Å². The molecule has 624 valence electrons. The van der Waals surface area contributed by atoms with Crippen LogP contribution in [0.1, 0.15) is 89.0 Å². The molecule has 0 heterocycles. The Bertz CT molecular complexity index is 3720. The van der Waals surface area contributed by atoms with E-state index in [1.807, 2.05) is 0 Å². The van der Waals surface area contributed by atoms with Gasteiger partial charge in [-0.25, -0.2) is 0 Å². The molecule has 8 rings (SSSR count). The van der Waals surface area contributed by atoms with Gasteiger partial charge in [-0.05, 0) is 48.5 Å². The molecular weight excluding hydrogens is 1760 g/mol. The zero-order valence-corrected chi connectivity index (χ0v) is 60.3. The van der Waals surface area contributed by atoms with E-state index in [0.717, 1.165) is 0 Å². The van der Waals surface area contributed by atoms with Crippen molar-refractivity contribution >= 4 is 56.0 Å². The standard InChI is InChI=1S/2C32H12BF24.K.Na/c2*34-25(35,36)13-1-14(26(37,38)39)6-21(5-13)33(22-7-15(27(40,41)42)2-16(8-22)28(43,44)45,23-9-17(29(46,47)48)3-18(10-23)30(49,50)51)24-11-19(31(52,53)54)4-20(12-24)32(55,56)57;;/h2*1-12H;;/q2*-1;2*+1. The molecule has 0 aliphatic carbocycles. The van der Waals surface area contributed by atoms with Gasteiger partial charge in [0.05, 0.1) is 89.0 Å². The van der Waals surface area contributed by atoms with Gasteiger partial charge in [-0.2, -0.15) is 254 Å². The van der Waals surface area contributed by atoms with Crippen molar-refractivity contribution in [1.29, 1.82) is 0 Å². The first-order chi connectivity index (χ1) is 50.5. The molecular formula is C64H24B2F48KNa. The molecule has 0 spiro atoms. The second-order valence-electron chi connectivity index (χ2n) is 24.4. The van der Waals surface area contributed by atoms with Crippen molar-refractivity contribution in [2.24, 2.45) is 0 Å². The van der Waals surface area contributed by atoms with Crippen LogP contribution in [0.2, 0.25) is 0 Å². The molecule has 52 heteroatoms. The maximum Gasteiger partial charge on any atom is 1.00 e. The Balaban J connectivity index is 0.000000407. The smallest absolute Gasteiger partial charge is 0.194 e. The van der Waals surface area contributed by atoms with Crippen molar-refractivity contribution in [2.45, 2.75) is 98.8 Å². The number of halogens is 48. The number of rotatable bonds is 8. The third-order valence-corrected chi connectivity index (χ3v) is 16.9. The van der Waals surface area contributed by atoms with Crippen LogP contribution in [0.3, 0.4) is 0 Å². The quantitative estimate of drug-likeness (QED) is 0.105. The molecule has 0 bridgehead atoms. The van der Waals surface area contributed by atoms with Crippen LogP contribution >= 0.6 is 0 Å².